The zero-order valence-corrected chi connectivity index (χ0v) is 38.8. The van der Waals surface area contributed by atoms with Crippen molar-refractivity contribution < 1.29 is 23.1 Å². The maximum Gasteiger partial charge on any atom is 0.350 e. The van der Waals surface area contributed by atoms with Gasteiger partial charge in [0.15, 0.2) is 10.8 Å². The predicted octanol–water partition coefficient (Wildman–Crippen LogP) is 17.7. The lowest BCUT2D eigenvalue weighted by Gasteiger charge is -2.51. The van der Waals surface area contributed by atoms with Crippen molar-refractivity contribution in [1.82, 2.24) is 0 Å². The first-order valence-corrected chi connectivity index (χ1v) is 28.2. The Hall–Kier alpha value is -7.92. The zero-order chi connectivity index (χ0) is 44.6. The van der Waals surface area contributed by atoms with E-state index in [2.05, 4.69) is 13.8 Å². The Morgan fingerprint density at radius 3 is 0.808 bits per heavy atom. The summed E-state index contributed by atoms with van der Waals surface area (Å²) in [6.45, 7) is 6.71. The van der Waals surface area contributed by atoms with E-state index in [9.17, 15) is 4.79 Å². The minimum atomic E-state index is -4.22. The molecule has 0 aromatic heterocycles. The molecule has 6 aliphatic rings. The normalized spacial score (nSPS) is 24.0. The van der Waals surface area contributed by atoms with Gasteiger partial charge in [0.2, 0.25) is 0 Å². The zero-order valence-electron chi connectivity index (χ0n) is 37.9. The monoisotopic (exact) mass is 928 g/mol. The van der Waals surface area contributed by atoms with Gasteiger partial charge in [0.25, 0.3) is 0 Å². The molecule has 27 aromatic rings. The molecule has 1 aliphatic heterocycles. The van der Waals surface area contributed by atoms with E-state index >= 15 is 4.57 Å². The minimum absolute atomic E-state index is 0.271. The van der Waals surface area contributed by atoms with Crippen LogP contribution < -0.4 is 0 Å². The summed E-state index contributed by atoms with van der Waals surface area (Å²) in [6.07, 6.45) is 0. The molecule has 2 atom stereocenters. The highest BCUT2D eigenvalue weighted by atomic mass is 31.2. The van der Waals surface area contributed by atoms with Crippen molar-refractivity contribution >= 4 is 294 Å². The van der Waals surface area contributed by atoms with Gasteiger partial charge in [-0.2, -0.15) is 0 Å². The van der Waals surface area contributed by atoms with Crippen LogP contribution in [0.15, 0.2) is 0 Å². The Morgan fingerprint density at radius 2 is 0.507 bits per heavy atom. The quantitative estimate of drug-likeness (QED) is 0.0982. The molecular formula is C67H13O5P. The highest BCUT2D eigenvalue weighted by molar-refractivity contribution is 7.56. The molecular weight excluding hydrogens is 916 g/mol. The first kappa shape index (κ1) is 28.9. The second kappa shape index (κ2) is 6.50. The molecule has 6 heteroatoms. The molecule has 1 fully saturated rings. The molecule has 0 saturated carbocycles. The van der Waals surface area contributed by atoms with E-state index in [-0.39, 0.29) is 11.4 Å². The van der Waals surface area contributed by atoms with E-state index in [0.717, 1.165) is 22.3 Å². The third kappa shape index (κ3) is 1.61. The summed E-state index contributed by atoms with van der Waals surface area (Å²) in [7, 11) is -4.22. The summed E-state index contributed by atoms with van der Waals surface area (Å²) in [5.74, 6) is -0.271. The van der Waals surface area contributed by atoms with Crippen LogP contribution in [0.5, 0.6) is 0 Å². The fraction of sp³-hybridized carbons (Fsp3) is 0.119. The van der Waals surface area contributed by atoms with Crippen molar-refractivity contribution in [2.45, 2.75) is 31.5 Å². The van der Waals surface area contributed by atoms with E-state index in [1.54, 1.807) is 39.2 Å². The molecule has 33 rings (SSSR count). The third-order valence-electron chi connectivity index (χ3n) is 25.1. The maximum atomic E-state index is 18.0. The number of benzene rings is 17. The van der Waals surface area contributed by atoms with Crippen LogP contribution >= 0.6 is 7.60 Å². The van der Waals surface area contributed by atoms with Crippen molar-refractivity contribution in [3.05, 3.63) is 33.4 Å². The van der Waals surface area contributed by atoms with Crippen molar-refractivity contribution in [1.29, 1.82) is 0 Å². The average Bonchev–Trinajstić information content (AvgIpc) is 4.38. The smallest absolute Gasteiger partial charge is 0.350 e. The van der Waals surface area contributed by atoms with E-state index in [4.69, 9.17) is 13.8 Å². The average molecular weight is 929 g/mol. The highest BCUT2D eigenvalue weighted by Crippen LogP contribution is 2.89. The molecule has 27 aromatic carbocycles. The van der Waals surface area contributed by atoms with Gasteiger partial charge in [-0.3, -0.25) is 9.36 Å². The Bertz CT molecular complexity index is 7510. The number of carbonyl (C=O) groups is 1. The lowest BCUT2D eigenvalue weighted by molar-refractivity contribution is -0.150. The largest absolute Gasteiger partial charge is 0.444 e. The van der Waals surface area contributed by atoms with E-state index in [1.807, 2.05) is 0 Å². The van der Waals surface area contributed by atoms with Gasteiger partial charge in [0, 0.05) is 34.4 Å². The molecule has 0 spiro atoms. The second-order valence-electron chi connectivity index (χ2n) is 26.9. The summed E-state index contributed by atoms with van der Waals surface area (Å²) >= 11 is 0. The van der Waals surface area contributed by atoms with Crippen molar-refractivity contribution in [2.75, 3.05) is 13.2 Å². The van der Waals surface area contributed by atoms with Crippen molar-refractivity contribution in [3.8, 4) is 0 Å². The lowest BCUT2D eigenvalue weighted by Crippen LogP contribution is -2.46. The molecule has 0 N–H and O–H groups in total. The summed E-state index contributed by atoms with van der Waals surface area (Å²) in [5, 5.41) is 73.5. The van der Waals surface area contributed by atoms with Crippen LogP contribution in [-0.4, -0.2) is 19.2 Å². The van der Waals surface area contributed by atoms with Crippen LogP contribution in [0, 0.1) is 5.41 Å². The van der Waals surface area contributed by atoms with Crippen LogP contribution in [0.1, 0.15) is 54.2 Å². The summed E-state index contributed by atoms with van der Waals surface area (Å²) in [5.41, 5.74) is 5.15. The molecule has 5 nitrogen and oxygen atoms in total. The first-order valence-electron chi connectivity index (χ1n) is 26.7. The molecule has 73 heavy (non-hydrogen) atoms. The van der Waals surface area contributed by atoms with Crippen LogP contribution in [0.4, 0.5) is 0 Å². The van der Waals surface area contributed by atoms with Crippen LogP contribution in [0.3, 0.4) is 0 Å². The summed E-state index contributed by atoms with van der Waals surface area (Å²) in [4.78, 5) is 15.0. The number of hydrogen-bond donors (Lipinski definition) is 0. The van der Waals surface area contributed by atoms with Gasteiger partial charge in [0.1, 0.15) is 0 Å². The number of rotatable bonds is 2. The first-order chi connectivity index (χ1) is 35.8. The van der Waals surface area contributed by atoms with Gasteiger partial charge < -0.3 is 13.8 Å². The molecule has 1 saturated heterocycles. The SMILES string of the molecule is CC(=O)OC12c3c4c5c6c7c8c9c%10c(c1c1c%11c2c2c%12c3c5c3c5c%12c%12c2c2c%11c%11c%13c1c%10c1c%10c9c9c7c7c6c3c3c5c5c%12c6c2c%11c2c(c%131)c1c%10c9c9c7c3c3c9c1c2c6c53)C48P1(=O)OCC(C)(C)CO1. The van der Waals surface area contributed by atoms with Crippen LogP contribution in [0.25, 0.3) is 280 Å². The van der Waals surface area contributed by atoms with Gasteiger partial charge in [0.05, 0.1) is 13.2 Å². The third-order valence-corrected chi connectivity index (χ3v) is 27.5. The molecule has 1 heterocycles. The summed E-state index contributed by atoms with van der Waals surface area (Å²) < 4.78 is 40.6. The van der Waals surface area contributed by atoms with Gasteiger partial charge in [-0.25, -0.2) is 0 Å². The Kier molecular flexibility index (Phi) is 2.58. The Balaban J connectivity index is 1.17. The van der Waals surface area contributed by atoms with E-state index in [1.165, 1.54) is 259 Å². The molecule has 0 bridgehead atoms. The van der Waals surface area contributed by atoms with Crippen LogP contribution in [-0.2, 0) is 33.9 Å². The molecule has 0 amide bonds. The topological polar surface area (TPSA) is 61.8 Å². The van der Waals surface area contributed by atoms with Gasteiger partial charge in [-0.1, -0.05) is 13.8 Å². The second-order valence-corrected chi connectivity index (χ2v) is 29.1. The summed E-state index contributed by atoms with van der Waals surface area (Å²) in [6, 6.07) is 0. The van der Waals surface area contributed by atoms with Gasteiger partial charge >= 0.3 is 13.6 Å². The molecule has 0 radical (unpaired) electrons. The van der Waals surface area contributed by atoms with Gasteiger partial charge in [-0.15, -0.1) is 0 Å². The standard InChI is InChI=1S/C67H13O5P/c1-6(68)72-66-59-51-42-35-22-15-9-10-12-8-7-11(9)20(22)26-24-13(7)17-14(8)25-27-21(12)23-16(10)19-18(15)29-37-30(19)39-36(23)43-41(27)45-32(25)34-28(17)33-31(24)44(40(26)42)55(59)57-46(33)47(34)58-56(45)60-52(43)49(39)54-50(37)53(48(51)38(29)35)61(66)63(54)67(60,64(58)62(57)66)73(69)70-4-65(2,3)5-71-73/h4-5H2,1-3H3. The fourth-order valence-corrected chi connectivity index (χ4v) is 27.7. The predicted molar refractivity (Wildman–Crippen MR) is 297 cm³/mol. The van der Waals surface area contributed by atoms with E-state index < -0.39 is 18.4 Å². The van der Waals surface area contributed by atoms with Crippen LogP contribution in [0.2, 0.25) is 0 Å². The molecule has 5 aliphatic carbocycles. The molecule has 2 unspecified atom stereocenters. The Labute approximate surface area is 398 Å². The van der Waals surface area contributed by atoms with Crippen molar-refractivity contribution in [2.24, 2.45) is 5.41 Å². The van der Waals surface area contributed by atoms with Crippen molar-refractivity contribution in [3.63, 3.8) is 0 Å². The fourth-order valence-electron chi connectivity index (χ4n) is 24.7. The maximum absolute atomic E-state index is 18.0. The van der Waals surface area contributed by atoms with Gasteiger partial charge in [-0.05, 0) is 291 Å². The number of ether oxygens (including phenoxy) is 1. The van der Waals surface area contributed by atoms with E-state index in [0.29, 0.717) is 13.2 Å². The Morgan fingerprint density at radius 1 is 0.315 bits per heavy atom. The highest BCUT2D eigenvalue weighted by Gasteiger charge is 2.74. The number of esters is 1. The molecule has 316 valence electrons. The number of carbonyl (C=O) groups excluding carboxylic acids is 1. The lowest BCUT2D eigenvalue weighted by atomic mass is 9.65. The minimum Gasteiger partial charge on any atom is -0.444 e. The number of hydrogen-bond acceptors (Lipinski definition) is 5.